The first kappa shape index (κ1) is 42.2. The summed E-state index contributed by atoms with van der Waals surface area (Å²) in [7, 11) is 1.21. The van der Waals surface area contributed by atoms with E-state index in [-0.39, 0.29) is 40.8 Å². The molecule has 0 amide bonds. The van der Waals surface area contributed by atoms with Gasteiger partial charge in [-0.05, 0) is 105 Å². The number of esters is 5. The minimum Gasteiger partial charge on any atom is -0.465 e. The summed E-state index contributed by atoms with van der Waals surface area (Å²) in [5, 5.41) is 0. The molecule has 2 saturated carbocycles. The van der Waals surface area contributed by atoms with Crippen molar-refractivity contribution in [2.75, 3.05) is 20.3 Å². The third-order valence-electron chi connectivity index (χ3n) is 11.0. The van der Waals surface area contributed by atoms with Gasteiger partial charge in [0.15, 0.2) is 0 Å². The van der Waals surface area contributed by atoms with E-state index in [1.807, 2.05) is 0 Å². The fraction of sp³-hybridized carbons (Fsp3) is 0.500. The van der Waals surface area contributed by atoms with Crippen molar-refractivity contribution in [1.82, 2.24) is 0 Å². The number of rotatable bonds is 17. The average molecular weight is 769 g/mol. The summed E-state index contributed by atoms with van der Waals surface area (Å²) in [5.41, 5.74) is 4.79. The van der Waals surface area contributed by atoms with Crippen molar-refractivity contribution in [2.45, 2.75) is 104 Å². The summed E-state index contributed by atoms with van der Waals surface area (Å²) in [6, 6.07) is 21.0. The maximum atomic E-state index is 13.2. The first-order valence-electron chi connectivity index (χ1n) is 20.3. The molecule has 2 aliphatic rings. The predicted molar refractivity (Wildman–Crippen MR) is 210 cm³/mol. The molecule has 0 unspecified atom stereocenters. The van der Waals surface area contributed by atoms with E-state index in [0.717, 1.165) is 36.8 Å². The third kappa shape index (κ3) is 12.3. The van der Waals surface area contributed by atoms with Crippen LogP contribution in [0.4, 0.5) is 0 Å². The molecular formula is C46H56O10. The van der Waals surface area contributed by atoms with Crippen molar-refractivity contribution in [3.63, 3.8) is 0 Å². The molecule has 0 atom stereocenters. The van der Waals surface area contributed by atoms with Crippen LogP contribution in [-0.2, 0) is 59.1 Å². The van der Waals surface area contributed by atoms with Gasteiger partial charge in [-0.3, -0.25) is 19.2 Å². The molecule has 0 radical (unpaired) electrons. The Labute approximate surface area is 330 Å². The molecule has 10 heteroatoms. The van der Waals surface area contributed by atoms with Crippen molar-refractivity contribution in [2.24, 2.45) is 23.7 Å². The van der Waals surface area contributed by atoms with Gasteiger partial charge in [0.25, 0.3) is 0 Å². The van der Waals surface area contributed by atoms with Gasteiger partial charge in [-0.15, -0.1) is 0 Å². The first-order valence-corrected chi connectivity index (χ1v) is 20.3. The van der Waals surface area contributed by atoms with Crippen molar-refractivity contribution in [3.8, 4) is 11.5 Å². The minimum absolute atomic E-state index is 0.00145. The zero-order valence-electron chi connectivity index (χ0n) is 33.1. The van der Waals surface area contributed by atoms with Crippen LogP contribution < -0.4 is 9.47 Å². The molecule has 5 rings (SSSR count). The monoisotopic (exact) mass is 768 g/mol. The van der Waals surface area contributed by atoms with Crippen LogP contribution in [0, 0.1) is 23.7 Å². The molecule has 0 aromatic heterocycles. The summed E-state index contributed by atoms with van der Waals surface area (Å²) in [4.78, 5) is 64.5. The topological polar surface area (TPSA) is 132 Å². The zero-order chi connectivity index (χ0) is 39.9. The van der Waals surface area contributed by atoms with Gasteiger partial charge in [0.2, 0.25) is 0 Å². The molecule has 0 spiro atoms. The molecule has 0 heterocycles. The number of ether oxygens (including phenoxy) is 5. The van der Waals surface area contributed by atoms with Crippen LogP contribution in [0.15, 0.2) is 66.7 Å². The van der Waals surface area contributed by atoms with E-state index in [1.165, 1.54) is 36.4 Å². The third-order valence-corrected chi connectivity index (χ3v) is 11.0. The van der Waals surface area contributed by atoms with Crippen LogP contribution in [0.5, 0.6) is 11.5 Å². The number of carbonyl (C=O) groups is 5. The van der Waals surface area contributed by atoms with E-state index in [0.29, 0.717) is 77.4 Å². The SMILES string of the molecule is CCCc1ccc(CCOC(=O)C2CCC(C(=O)Oc3ccc(OC(=O)C4CCC(C(=O)OCCc5ccc(CCC)cc5)CC4)c(C(=O)OC)c3)CC2)cc1. The van der Waals surface area contributed by atoms with Crippen molar-refractivity contribution >= 4 is 29.8 Å². The molecule has 0 bridgehead atoms. The molecular weight excluding hydrogens is 712 g/mol. The lowest BCUT2D eigenvalue weighted by Gasteiger charge is -2.26. The van der Waals surface area contributed by atoms with Crippen molar-refractivity contribution in [1.29, 1.82) is 0 Å². The van der Waals surface area contributed by atoms with Crippen LogP contribution in [0.2, 0.25) is 0 Å². The summed E-state index contributed by atoms with van der Waals surface area (Å²) in [6.07, 6.45) is 9.48. The van der Waals surface area contributed by atoms with Crippen LogP contribution >= 0.6 is 0 Å². The highest BCUT2D eigenvalue weighted by Gasteiger charge is 2.34. The predicted octanol–water partition coefficient (Wildman–Crippen LogP) is 8.37. The van der Waals surface area contributed by atoms with E-state index < -0.39 is 29.7 Å². The molecule has 0 N–H and O–H groups in total. The number of hydrogen-bond donors (Lipinski definition) is 0. The van der Waals surface area contributed by atoms with Crippen molar-refractivity contribution in [3.05, 3.63) is 94.5 Å². The first-order chi connectivity index (χ1) is 27.2. The Kier molecular flexibility index (Phi) is 16.1. The van der Waals surface area contributed by atoms with Gasteiger partial charge in [-0.25, -0.2) is 4.79 Å². The molecule has 56 heavy (non-hydrogen) atoms. The highest BCUT2D eigenvalue weighted by atomic mass is 16.6. The van der Waals surface area contributed by atoms with Gasteiger partial charge in [0, 0.05) is 12.8 Å². The molecule has 10 nitrogen and oxygen atoms in total. The molecule has 2 aliphatic carbocycles. The lowest BCUT2D eigenvalue weighted by atomic mass is 9.82. The lowest BCUT2D eigenvalue weighted by molar-refractivity contribution is -0.152. The largest absolute Gasteiger partial charge is 0.465 e. The Bertz CT molecular complexity index is 1760. The lowest BCUT2D eigenvalue weighted by Crippen LogP contribution is -2.30. The van der Waals surface area contributed by atoms with Gasteiger partial charge in [-0.2, -0.15) is 0 Å². The summed E-state index contributed by atoms with van der Waals surface area (Å²) in [6.45, 7) is 4.93. The molecule has 3 aromatic rings. The summed E-state index contributed by atoms with van der Waals surface area (Å²) in [5.74, 6) is -3.48. The number of hydrogen-bond acceptors (Lipinski definition) is 10. The van der Waals surface area contributed by atoms with Gasteiger partial charge >= 0.3 is 29.8 Å². The number of benzene rings is 3. The molecule has 3 aromatic carbocycles. The smallest absolute Gasteiger partial charge is 0.341 e. The molecule has 0 aliphatic heterocycles. The summed E-state index contributed by atoms with van der Waals surface area (Å²) < 4.78 is 27.4. The van der Waals surface area contributed by atoms with Gasteiger partial charge in [0.05, 0.1) is 44.0 Å². The number of aryl methyl sites for hydroxylation is 2. The number of methoxy groups -OCH3 is 1. The quantitative estimate of drug-likeness (QED) is 0.0750. The maximum absolute atomic E-state index is 13.2. The normalized spacial score (nSPS) is 19.3. The Morgan fingerprint density at radius 2 is 0.875 bits per heavy atom. The fourth-order valence-corrected chi connectivity index (χ4v) is 7.55. The Morgan fingerprint density at radius 3 is 1.27 bits per heavy atom. The van der Waals surface area contributed by atoms with Gasteiger partial charge < -0.3 is 23.7 Å². The molecule has 0 saturated heterocycles. The summed E-state index contributed by atoms with van der Waals surface area (Å²) >= 11 is 0. The van der Waals surface area contributed by atoms with Crippen molar-refractivity contribution < 1.29 is 47.7 Å². The standard InChI is InChI=1S/C46H56O10/c1-4-6-31-8-12-33(13-9-31)26-28-53-42(47)35-16-20-37(21-17-35)44(49)55-39-24-25-41(40(30-39)46(51)52-3)56-45(50)38-22-18-36(19-23-38)43(48)54-29-27-34-14-10-32(7-5-2)11-15-34/h8-15,24-25,30,35-38H,4-7,16-23,26-29H2,1-3H3. The van der Waals surface area contributed by atoms with E-state index in [2.05, 4.69) is 62.4 Å². The second-order valence-corrected chi connectivity index (χ2v) is 15.1. The minimum atomic E-state index is -0.749. The maximum Gasteiger partial charge on any atom is 0.341 e. The van der Waals surface area contributed by atoms with E-state index >= 15 is 0 Å². The van der Waals surface area contributed by atoms with Crippen LogP contribution in [-0.4, -0.2) is 50.2 Å². The van der Waals surface area contributed by atoms with Gasteiger partial charge in [0.1, 0.15) is 17.1 Å². The van der Waals surface area contributed by atoms with Crippen LogP contribution in [0.25, 0.3) is 0 Å². The molecule has 300 valence electrons. The number of carbonyl (C=O) groups excluding carboxylic acids is 5. The fourth-order valence-electron chi connectivity index (χ4n) is 7.55. The highest BCUT2D eigenvalue weighted by Crippen LogP contribution is 2.34. The molecule has 2 fully saturated rings. The zero-order valence-corrected chi connectivity index (χ0v) is 33.1. The Hall–Kier alpha value is -4.99. The van der Waals surface area contributed by atoms with Crippen LogP contribution in [0.3, 0.4) is 0 Å². The second kappa shape index (κ2) is 21.3. The van der Waals surface area contributed by atoms with Gasteiger partial charge in [-0.1, -0.05) is 75.2 Å². The van der Waals surface area contributed by atoms with E-state index in [9.17, 15) is 24.0 Å². The Balaban J connectivity index is 1.04. The van der Waals surface area contributed by atoms with Crippen LogP contribution in [0.1, 0.15) is 111 Å². The second-order valence-electron chi connectivity index (χ2n) is 15.1. The highest BCUT2D eigenvalue weighted by molar-refractivity contribution is 5.94. The van der Waals surface area contributed by atoms with E-state index in [4.69, 9.17) is 23.7 Å². The van der Waals surface area contributed by atoms with E-state index in [1.54, 1.807) is 0 Å². The Morgan fingerprint density at radius 1 is 0.500 bits per heavy atom. The average Bonchev–Trinajstić information content (AvgIpc) is 3.22.